The molecule has 82 valence electrons. The number of amides is 2. The van der Waals surface area contributed by atoms with Gasteiger partial charge < -0.3 is 0 Å². The van der Waals surface area contributed by atoms with Crippen molar-refractivity contribution in [2.45, 2.75) is 33.6 Å². The van der Waals surface area contributed by atoms with Crippen molar-refractivity contribution in [2.24, 2.45) is 11.3 Å². The largest absolute Gasteiger partial charge is 0.275 e. The van der Waals surface area contributed by atoms with Gasteiger partial charge in [-0.15, -0.1) is 0 Å². The quantitative estimate of drug-likeness (QED) is 0.661. The smallest absolute Gasteiger partial charge is 0.256 e. The zero-order chi connectivity index (χ0) is 11.2. The van der Waals surface area contributed by atoms with Crippen LogP contribution < -0.4 is 0 Å². The summed E-state index contributed by atoms with van der Waals surface area (Å²) >= 11 is 0. The summed E-state index contributed by atoms with van der Waals surface area (Å²) in [5.74, 6) is 0.301. The van der Waals surface area contributed by atoms with Crippen LogP contribution in [0.15, 0.2) is 11.6 Å². The minimum atomic E-state index is -0.135. The lowest BCUT2D eigenvalue weighted by Gasteiger charge is -2.25. The molecule has 0 atom stereocenters. The van der Waals surface area contributed by atoms with E-state index < -0.39 is 0 Å². The predicted octanol–water partition coefficient (Wildman–Crippen LogP) is 1.74. The molecule has 1 fully saturated rings. The van der Waals surface area contributed by atoms with E-state index in [1.807, 2.05) is 0 Å². The van der Waals surface area contributed by atoms with E-state index in [2.05, 4.69) is 13.8 Å². The van der Waals surface area contributed by atoms with Crippen molar-refractivity contribution in [2.75, 3.05) is 6.54 Å². The summed E-state index contributed by atoms with van der Waals surface area (Å²) in [5, 5.41) is 0. The third-order valence-electron chi connectivity index (χ3n) is 3.78. The van der Waals surface area contributed by atoms with Gasteiger partial charge in [-0.05, 0) is 31.1 Å². The Labute approximate surface area is 90.1 Å². The Balaban J connectivity index is 2.09. The molecule has 0 aromatic carbocycles. The lowest BCUT2D eigenvalue weighted by molar-refractivity contribution is -0.138. The maximum Gasteiger partial charge on any atom is 0.256 e. The minimum absolute atomic E-state index is 0.105. The van der Waals surface area contributed by atoms with Crippen LogP contribution in [0.2, 0.25) is 0 Å². The second kappa shape index (κ2) is 3.19. The predicted molar refractivity (Wildman–Crippen MR) is 57.0 cm³/mol. The molecule has 2 aliphatic rings. The SMILES string of the molecule is CC1=CC(=O)N(CC2(C(C)C)CC2)C1=O. The van der Waals surface area contributed by atoms with Crippen molar-refractivity contribution in [1.29, 1.82) is 0 Å². The van der Waals surface area contributed by atoms with Crippen LogP contribution in [0.25, 0.3) is 0 Å². The standard InChI is InChI=1S/C12H17NO2/c1-8(2)12(4-5-12)7-13-10(14)6-9(3)11(13)15/h6,8H,4-5,7H2,1-3H3. The van der Waals surface area contributed by atoms with E-state index in [0.29, 0.717) is 18.0 Å². The number of nitrogens with zero attached hydrogens (tertiary/aromatic N) is 1. The normalized spacial score (nSPS) is 23.7. The molecule has 0 aromatic rings. The van der Waals surface area contributed by atoms with Crippen molar-refractivity contribution in [1.82, 2.24) is 4.90 Å². The fourth-order valence-corrected chi connectivity index (χ4v) is 2.18. The van der Waals surface area contributed by atoms with Crippen LogP contribution in [0.3, 0.4) is 0 Å². The molecule has 2 rings (SSSR count). The van der Waals surface area contributed by atoms with E-state index >= 15 is 0 Å². The number of carbonyl (C=O) groups excluding carboxylic acids is 2. The maximum absolute atomic E-state index is 11.7. The molecule has 0 bridgehead atoms. The van der Waals surface area contributed by atoms with Crippen LogP contribution >= 0.6 is 0 Å². The monoisotopic (exact) mass is 207 g/mol. The van der Waals surface area contributed by atoms with E-state index in [9.17, 15) is 9.59 Å². The van der Waals surface area contributed by atoms with Crippen molar-refractivity contribution in [3.05, 3.63) is 11.6 Å². The van der Waals surface area contributed by atoms with Gasteiger partial charge in [0, 0.05) is 18.2 Å². The highest BCUT2D eigenvalue weighted by Crippen LogP contribution is 2.52. The van der Waals surface area contributed by atoms with Gasteiger partial charge in [0.25, 0.3) is 11.8 Å². The van der Waals surface area contributed by atoms with Gasteiger partial charge in [0.2, 0.25) is 0 Å². The average Bonchev–Trinajstić information content (AvgIpc) is 2.89. The molecule has 0 unspecified atom stereocenters. The maximum atomic E-state index is 11.7. The highest BCUT2D eigenvalue weighted by atomic mass is 16.2. The molecule has 0 radical (unpaired) electrons. The molecule has 0 aromatic heterocycles. The topological polar surface area (TPSA) is 37.4 Å². The van der Waals surface area contributed by atoms with Gasteiger partial charge in [-0.3, -0.25) is 14.5 Å². The van der Waals surface area contributed by atoms with Crippen molar-refractivity contribution in [3.63, 3.8) is 0 Å². The molecule has 3 nitrogen and oxygen atoms in total. The minimum Gasteiger partial charge on any atom is -0.275 e. The second-order valence-corrected chi connectivity index (χ2v) is 5.07. The first-order chi connectivity index (χ1) is 6.96. The van der Waals surface area contributed by atoms with Crippen molar-refractivity contribution in [3.8, 4) is 0 Å². The van der Waals surface area contributed by atoms with Crippen molar-refractivity contribution < 1.29 is 9.59 Å². The van der Waals surface area contributed by atoms with Gasteiger partial charge in [0.1, 0.15) is 0 Å². The summed E-state index contributed by atoms with van der Waals surface area (Å²) in [7, 11) is 0. The Morgan fingerprint density at radius 3 is 2.33 bits per heavy atom. The van der Waals surface area contributed by atoms with Gasteiger partial charge in [0.15, 0.2) is 0 Å². The third kappa shape index (κ3) is 1.60. The van der Waals surface area contributed by atoms with Crippen LogP contribution in [0.4, 0.5) is 0 Å². The molecular weight excluding hydrogens is 190 g/mol. The summed E-state index contributed by atoms with van der Waals surface area (Å²) in [6.45, 7) is 6.64. The summed E-state index contributed by atoms with van der Waals surface area (Å²) < 4.78 is 0. The zero-order valence-electron chi connectivity index (χ0n) is 9.54. The van der Waals surface area contributed by atoms with Crippen LogP contribution in [-0.4, -0.2) is 23.3 Å². The Hall–Kier alpha value is -1.12. The summed E-state index contributed by atoms with van der Waals surface area (Å²) in [6, 6.07) is 0. The Bertz CT molecular complexity index is 351. The molecular formula is C12H17NO2. The van der Waals surface area contributed by atoms with Gasteiger partial charge in [-0.2, -0.15) is 0 Å². The first-order valence-electron chi connectivity index (χ1n) is 5.50. The Morgan fingerprint density at radius 2 is 2.00 bits per heavy atom. The van der Waals surface area contributed by atoms with Crippen LogP contribution in [0.1, 0.15) is 33.6 Å². The summed E-state index contributed by atoms with van der Waals surface area (Å²) in [4.78, 5) is 24.6. The van der Waals surface area contributed by atoms with Crippen LogP contribution in [0, 0.1) is 11.3 Å². The Morgan fingerprint density at radius 1 is 1.40 bits per heavy atom. The van der Waals surface area contributed by atoms with E-state index in [0.717, 1.165) is 12.8 Å². The fraction of sp³-hybridized carbons (Fsp3) is 0.667. The molecule has 1 saturated carbocycles. The average molecular weight is 207 g/mol. The summed E-state index contributed by atoms with van der Waals surface area (Å²) in [5.41, 5.74) is 0.781. The molecule has 0 saturated heterocycles. The van der Waals surface area contributed by atoms with E-state index in [1.54, 1.807) is 6.92 Å². The van der Waals surface area contributed by atoms with E-state index in [-0.39, 0.29) is 17.2 Å². The molecule has 1 heterocycles. The second-order valence-electron chi connectivity index (χ2n) is 5.07. The molecule has 1 aliphatic carbocycles. The number of hydrogen-bond donors (Lipinski definition) is 0. The lowest BCUT2D eigenvalue weighted by Crippen LogP contribution is -2.37. The van der Waals surface area contributed by atoms with Gasteiger partial charge in [-0.1, -0.05) is 13.8 Å². The molecule has 1 aliphatic heterocycles. The van der Waals surface area contributed by atoms with E-state index in [1.165, 1.54) is 11.0 Å². The lowest BCUT2D eigenvalue weighted by atomic mass is 9.92. The van der Waals surface area contributed by atoms with Gasteiger partial charge in [0.05, 0.1) is 0 Å². The number of carbonyl (C=O) groups is 2. The fourth-order valence-electron chi connectivity index (χ4n) is 2.18. The van der Waals surface area contributed by atoms with Crippen molar-refractivity contribution >= 4 is 11.8 Å². The van der Waals surface area contributed by atoms with Crippen LogP contribution in [-0.2, 0) is 9.59 Å². The van der Waals surface area contributed by atoms with Crippen LogP contribution in [0.5, 0.6) is 0 Å². The zero-order valence-corrected chi connectivity index (χ0v) is 9.54. The first-order valence-corrected chi connectivity index (χ1v) is 5.50. The number of imide groups is 1. The third-order valence-corrected chi connectivity index (χ3v) is 3.78. The number of hydrogen-bond acceptors (Lipinski definition) is 2. The number of rotatable bonds is 3. The highest BCUT2D eigenvalue weighted by molar-refractivity contribution is 6.15. The molecule has 0 N–H and O–H groups in total. The van der Waals surface area contributed by atoms with Gasteiger partial charge >= 0.3 is 0 Å². The Kier molecular flexibility index (Phi) is 2.21. The first kappa shape index (κ1) is 10.4. The molecule has 0 spiro atoms. The highest BCUT2D eigenvalue weighted by Gasteiger charge is 2.48. The molecule has 2 amide bonds. The van der Waals surface area contributed by atoms with E-state index in [4.69, 9.17) is 0 Å². The summed E-state index contributed by atoms with van der Waals surface area (Å²) in [6.07, 6.45) is 3.72. The molecule has 15 heavy (non-hydrogen) atoms. The molecule has 3 heteroatoms. The van der Waals surface area contributed by atoms with Gasteiger partial charge in [-0.25, -0.2) is 0 Å².